The SMILES string of the molecule is CC[C@H]1O[C@@H](n2c(=O)[nH]c3nc4ccccc4nc3c2=O)[C@H](OC)[C@@H]1OP(OCCC#N)N(C(C)C)C(C)C. The minimum absolute atomic E-state index is 0.0250. The van der Waals surface area contributed by atoms with Crippen LogP contribution < -0.4 is 11.2 Å². The van der Waals surface area contributed by atoms with Gasteiger partial charge in [0.05, 0.1) is 36.2 Å². The van der Waals surface area contributed by atoms with Crippen molar-refractivity contribution in [2.45, 2.75) is 84.1 Å². The van der Waals surface area contributed by atoms with E-state index in [1.807, 2.05) is 34.6 Å². The zero-order valence-corrected chi connectivity index (χ0v) is 23.9. The van der Waals surface area contributed by atoms with Crippen LogP contribution in [-0.2, 0) is 18.5 Å². The van der Waals surface area contributed by atoms with Gasteiger partial charge in [-0.3, -0.25) is 9.78 Å². The van der Waals surface area contributed by atoms with E-state index in [2.05, 4.69) is 25.7 Å². The molecule has 39 heavy (non-hydrogen) atoms. The summed E-state index contributed by atoms with van der Waals surface area (Å²) in [5.41, 5.74) is -0.0885. The van der Waals surface area contributed by atoms with Crippen LogP contribution in [0, 0.1) is 11.3 Å². The summed E-state index contributed by atoms with van der Waals surface area (Å²) in [5.74, 6) is 0. The molecule has 1 aliphatic rings. The van der Waals surface area contributed by atoms with Crippen LogP contribution in [0.4, 0.5) is 0 Å². The normalized spacial score (nSPS) is 22.4. The Labute approximate surface area is 227 Å². The number of methoxy groups -OCH3 is 1. The maximum atomic E-state index is 13.6. The molecule has 1 aliphatic heterocycles. The average molecular weight is 559 g/mol. The smallest absolute Gasteiger partial charge is 0.332 e. The summed E-state index contributed by atoms with van der Waals surface area (Å²) in [4.78, 5) is 38.4. The number of benzene rings is 1. The zero-order chi connectivity index (χ0) is 28.3. The van der Waals surface area contributed by atoms with E-state index in [0.29, 0.717) is 17.5 Å². The summed E-state index contributed by atoms with van der Waals surface area (Å²) in [5, 5.41) is 9.04. The number of nitrogens with one attached hydrogen (secondary N) is 1. The number of fused-ring (bicyclic) bond motifs is 2. The Morgan fingerprint density at radius 2 is 1.82 bits per heavy atom. The molecule has 1 saturated heterocycles. The number of hydrogen-bond donors (Lipinski definition) is 1. The van der Waals surface area contributed by atoms with E-state index in [9.17, 15) is 9.59 Å². The maximum Gasteiger partial charge on any atom is 0.332 e. The topological polar surface area (TPSA) is 145 Å². The van der Waals surface area contributed by atoms with E-state index in [0.717, 1.165) is 4.57 Å². The average Bonchev–Trinajstić information content (AvgIpc) is 3.24. The number of H-pyrrole nitrogens is 1. The predicted octanol–water partition coefficient (Wildman–Crippen LogP) is 3.62. The molecule has 0 bridgehead atoms. The van der Waals surface area contributed by atoms with E-state index >= 15 is 0 Å². The molecule has 0 spiro atoms. The third-order valence-electron chi connectivity index (χ3n) is 6.52. The van der Waals surface area contributed by atoms with E-state index in [1.54, 1.807) is 24.3 Å². The number of nitriles is 1. The first kappa shape index (κ1) is 29.2. The van der Waals surface area contributed by atoms with Gasteiger partial charge in [0.25, 0.3) is 14.1 Å². The number of nitrogens with zero attached hydrogens (tertiary/aromatic N) is 5. The van der Waals surface area contributed by atoms with Gasteiger partial charge in [-0.25, -0.2) is 24.0 Å². The van der Waals surface area contributed by atoms with E-state index in [4.69, 9.17) is 23.8 Å². The zero-order valence-electron chi connectivity index (χ0n) is 23.0. The summed E-state index contributed by atoms with van der Waals surface area (Å²) in [6.45, 7) is 10.3. The van der Waals surface area contributed by atoms with Crippen LogP contribution in [0.3, 0.4) is 0 Å². The van der Waals surface area contributed by atoms with E-state index < -0.39 is 44.3 Å². The molecular formula is C26H35N6O6P. The van der Waals surface area contributed by atoms with Crippen molar-refractivity contribution in [3.05, 3.63) is 45.1 Å². The van der Waals surface area contributed by atoms with Crippen molar-refractivity contribution < 1.29 is 18.5 Å². The highest BCUT2D eigenvalue weighted by molar-refractivity contribution is 7.44. The first-order valence-electron chi connectivity index (χ1n) is 13.1. The Balaban J connectivity index is 1.74. The van der Waals surface area contributed by atoms with Crippen LogP contribution >= 0.6 is 8.53 Å². The lowest BCUT2D eigenvalue weighted by Crippen LogP contribution is -2.44. The van der Waals surface area contributed by atoms with Gasteiger partial charge >= 0.3 is 5.69 Å². The van der Waals surface area contributed by atoms with Gasteiger partial charge in [0, 0.05) is 19.2 Å². The molecule has 1 N–H and O–H groups in total. The fourth-order valence-electron chi connectivity index (χ4n) is 4.86. The molecule has 13 heteroatoms. The molecule has 1 unspecified atom stereocenters. The highest BCUT2D eigenvalue weighted by Crippen LogP contribution is 2.50. The second-order valence-electron chi connectivity index (χ2n) is 9.81. The monoisotopic (exact) mass is 558 g/mol. The van der Waals surface area contributed by atoms with Crippen LogP contribution in [-0.4, -0.2) is 68.3 Å². The number of aromatic nitrogens is 4. The van der Waals surface area contributed by atoms with E-state index in [1.165, 1.54) is 7.11 Å². The molecule has 5 atom stereocenters. The molecule has 1 fully saturated rings. The minimum Gasteiger partial charge on any atom is -0.374 e. The van der Waals surface area contributed by atoms with Gasteiger partial charge < -0.3 is 18.5 Å². The summed E-state index contributed by atoms with van der Waals surface area (Å²) < 4.78 is 27.9. The van der Waals surface area contributed by atoms with Crippen molar-refractivity contribution >= 4 is 30.7 Å². The molecule has 3 aromatic rings. The molecule has 210 valence electrons. The lowest BCUT2D eigenvalue weighted by atomic mass is 10.1. The highest BCUT2D eigenvalue weighted by Gasteiger charge is 2.49. The molecular weight excluding hydrogens is 523 g/mol. The van der Waals surface area contributed by atoms with Crippen LogP contribution in [0.15, 0.2) is 33.9 Å². The fraction of sp³-hybridized carbons (Fsp3) is 0.577. The summed E-state index contributed by atoms with van der Waals surface area (Å²) in [7, 11) is -0.125. The van der Waals surface area contributed by atoms with Gasteiger partial charge in [0.15, 0.2) is 17.4 Å². The largest absolute Gasteiger partial charge is 0.374 e. The van der Waals surface area contributed by atoms with Gasteiger partial charge in [-0.2, -0.15) is 5.26 Å². The van der Waals surface area contributed by atoms with Crippen LogP contribution in [0.25, 0.3) is 22.2 Å². The second kappa shape index (κ2) is 12.6. The van der Waals surface area contributed by atoms with E-state index in [-0.39, 0.29) is 36.3 Å². The Morgan fingerprint density at radius 1 is 1.15 bits per heavy atom. The molecule has 0 saturated carbocycles. The molecule has 1 aromatic carbocycles. The molecule has 4 rings (SSSR count). The first-order chi connectivity index (χ1) is 18.7. The standard InChI is InChI=1S/C26H35N6O6P/c1-7-19-21(38-39(36-14-10-13-27)32(15(2)3)16(4)5)22(35-6)25(37-19)31-24(33)20-23(30-26(31)34)29-18-12-9-8-11-17(18)28-20/h8-9,11-12,15-16,19,21-22,25H,7,10,14H2,1-6H3,(H,29,30,34)/t19-,21-,22-,25-,39?/m1/s1. The lowest BCUT2D eigenvalue weighted by molar-refractivity contribution is -0.0553. The molecule has 2 aromatic heterocycles. The van der Waals surface area contributed by atoms with Crippen molar-refractivity contribution in [3.8, 4) is 6.07 Å². The third kappa shape index (κ3) is 5.89. The Bertz CT molecular complexity index is 1440. The molecule has 0 aliphatic carbocycles. The van der Waals surface area contributed by atoms with Crippen LogP contribution in [0.1, 0.15) is 53.7 Å². The molecule has 3 heterocycles. The van der Waals surface area contributed by atoms with Gasteiger partial charge in [-0.05, 0) is 46.2 Å². The second-order valence-corrected chi connectivity index (χ2v) is 11.2. The first-order valence-corrected chi connectivity index (χ1v) is 14.2. The predicted molar refractivity (Wildman–Crippen MR) is 147 cm³/mol. The van der Waals surface area contributed by atoms with Gasteiger partial charge in [0.1, 0.15) is 12.2 Å². The van der Waals surface area contributed by atoms with Crippen molar-refractivity contribution in [1.29, 1.82) is 5.26 Å². The Morgan fingerprint density at radius 3 is 2.41 bits per heavy atom. The van der Waals surface area contributed by atoms with Crippen molar-refractivity contribution in [1.82, 2.24) is 24.2 Å². The minimum atomic E-state index is -1.62. The molecule has 0 amide bonds. The highest BCUT2D eigenvalue weighted by atomic mass is 31.2. The van der Waals surface area contributed by atoms with Crippen molar-refractivity contribution in [2.24, 2.45) is 0 Å². The molecule has 0 radical (unpaired) electrons. The quantitative estimate of drug-likeness (QED) is 0.210. The Hall–Kier alpha value is -2.78. The number of aromatic amines is 1. The summed E-state index contributed by atoms with van der Waals surface area (Å²) in [6.07, 6.45) is -2.25. The third-order valence-corrected chi connectivity index (χ3v) is 8.65. The van der Waals surface area contributed by atoms with Crippen molar-refractivity contribution in [3.63, 3.8) is 0 Å². The summed E-state index contributed by atoms with van der Waals surface area (Å²) in [6, 6.07) is 9.40. The van der Waals surface area contributed by atoms with Gasteiger partial charge in [-0.1, -0.05) is 19.1 Å². The van der Waals surface area contributed by atoms with Crippen LogP contribution in [0.2, 0.25) is 0 Å². The number of para-hydroxylation sites is 2. The summed E-state index contributed by atoms with van der Waals surface area (Å²) >= 11 is 0. The number of rotatable bonds is 11. The van der Waals surface area contributed by atoms with Crippen LogP contribution in [0.5, 0.6) is 0 Å². The fourth-order valence-corrected chi connectivity index (χ4v) is 6.62. The van der Waals surface area contributed by atoms with Gasteiger partial charge in [-0.15, -0.1) is 0 Å². The Kier molecular flexibility index (Phi) is 9.43. The number of ether oxygens (including phenoxy) is 2. The molecule has 12 nitrogen and oxygen atoms in total. The lowest BCUT2D eigenvalue weighted by Gasteiger charge is -2.38. The maximum absolute atomic E-state index is 13.6. The van der Waals surface area contributed by atoms with Gasteiger partial charge in [0.2, 0.25) is 0 Å². The number of hydrogen-bond acceptors (Lipinski definition) is 10. The van der Waals surface area contributed by atoms with Crippen molar-refractivity contribution in [2.75, 3.05) is 13.7 Å².